The molecule has 6 nitrogen and oxygen atoms in total. The Morgan fingerprint density at radius 1 is 1.30 bits per heavy atom. The number of methoxy groups -OCH3 is 1. The maximum absolute atomic E-state index is 13.8. The van der Waals surface area contributed by atoms with Crippen molar-refractivity contribution >= 4 is 17.0 Å². The van der Waals surface area contributed by atoms with Crippen LogP contribution in [0.25, 0.3) is 22.3 Å². The molecule has 3 rings (SSSR count). The summed E-state index contributed by atoms with van der Waals surface area (Å²) in [7, 11) is 1.50. The molecule has 0 atom stereocenters. The predicted octanol–water partition coefficient (Wildman–Crippen LogP) is 3.92. The van der Waals surface area contributed by atoms with Gasteiger partial charge >= 0.3 is 5.97 Å². The first-order valence-electron chi connectivity index (χ1n) is 8.41. The van der Waals surface area contributed by atoms with Gasteiger partial charge in [0.05, 0.1) is 30.5 Å². The molecule has 0 spiro atoms. The van der Waals surface area contributed by atoms with E-state index in [9.17, 15) is 13.6 Å². The van der Waals surface area contributed by atoms with Crippen molar-refractivity contribution in [3.05, 3.63) is 41.6 Å². The molecule has 0 aliphatic rings. The number of benzene rings is 1. The van der Waals surface area contributed by atoms with Gasteiger partial charge in [0.15, 0.2) is 5.65 Å². The third-order valence-electron chi connectivity index (χ3n) is 4.11. The quantitative estimate of drug-likeness (QED) is 0.611. The number of ether oxygens (including phenoxy) is 2. The highest BCUT2D eigenvalue weighted by molar-refractivity contribution is 5.87. The maximum Gasteiger partial charge on any atom is 0.327 e. The Kier molecular flexibility index (Phi) is 5.34. The van der Waals surface area contributed by atoms with Crippen LogP contribution in [0.3, 0.4) is 0 Å². The summed E-state index contributed by atoms with van der Waals surface area (Å²) in [6.45, 7) is 3.32. The van der Waals surface area contributed by atoms with Crippen LogP contribution in [-0.2, 0) is 16.1 Å². The van der Waals surface area contributed by atoms with Gasteiger partial charge in [0.2, 0.25) is 0 Å². The van der Waals surface area contributed by atoms with Crippen LogP contribution in [0, 0.1) is 6.92 Å². The van der Waals surface area contributed by atoms with Gasteiger partial charge in [-0.1, -0.05) is 12.1 Å². The minimum absolute atomic E-state index is 0.187. The summed E-state index contributed by atoms with van der Waals surface area (Å²) in [5.74, 6) is 0.00254. The van der Waals surface area contributed by atoms with E-state index in [-0.39, 0.29) is 29.7 Å². The third kappa shape index (κ3) is 3.60. The van der Waals surface area contributed by atoms with Crippen LogP contribution >= 0.6 is 0 Å². The molecule has 1 aromatic carbocycles. The molecule has 0 unspecified atom stereocenters. The van der Waals surface area contributed by atoms with E-state index < -0.39 is 12.4 Å². The Hall–Kier alpha value is -3.03. The van der Waals surface area contributed by atoms with Crippen molar-refractivity contribution in [2.75, 3.05) is 13.7 Å². The van der Waals surface area contributed by atoms with Gasteiger partial charge in [0.25, 0.3) is 6.43 Å². The standard InChI is InChI=1S/C19H19F2N3O3/c1-4-27-16(25)10-24-19-17(11(2)23-24)13(18(20)21)9-14(22-19)12-7-5-6-8-15(12)26-3/h5-9,18H,4,10H2,1-3H3. The van der Waals surface area contributed by atoms with E-state index in [0.29, 0.717) is 22.7 Å². The second-order valence-corrected chi connectivity index (χ2v) is 5.84. The molecule has 0 fully saturated rings. The molecule has 0 radical (unpaired) electrons. The number of aryl methyl sites for hydroxylation is 1. The largest absolute Gasteiger partial charge is 0.496 e. The maximum atomic E-state index is 13.8. The lowest BCUT2D eigenvalue weighted by Gasteiger charge is -2.11. The highest BCUT2D eigenvalue weighted by Gasteiger charge is 2.22. The summed E-state index contributed by atoms with van der Waals surface area (Å²) in [6.07, 6.45) is -2.72. The number of hydrogen-bond donors (Lipinski definition) is 0. The fourth-order valence-corrected chi connectivity index (χ4v) is 2.99. The number of fused-ring (bicyclic) bond motifs is 1. The lowest BCUT2D eigenvalue weighted by Crippen LogP contribution is -2.15. The molecule has 3 aromatic rings. The van der Waals surface area contributed by atoms with E-state index in [0.717, 1.165) is 0 Å². The third-order valence-corrected chi connectivity index (χ3v) is 4.11. The number of alkyl halides is 2. The highest BCUT2D eigenvalue weighted by Crippen LogP contribution is 2.35. The number of hydrogen-bond acceptors (Lipinski definition) is 5. The first kappa shape index (κ1) is 18.8. The number of carbonyl (C=O) groups excluding carboxylic acids is 1. The fraction of sp³-hybridized carbons (Fsp3) is 0.316. The SMILES string of the molecule is CCOC(=O)Cn1nc(C)c2c(C(F)F)cc(-c3ccccc3OC)nc21. The zero-order chi connectivity index (χ0) is 19.6. The Bertz CT molecular complexity index is 986. The minimum atomic E-state index is -2.72. The second kappa shape index (κ2) is 7.69. The summed E-state index contributed by atoms with van der Waals surface area (Å²) in [5, 5.41) is 4.46. The molecular weight excluding hydrogens is 356 g/mol. The van der Waals surface area contributed by atoms with Crippen LogP contribution in [0.2, 0.25) is 0 Å². The van der Waals surface area contributed by atoms with Gasteiger partial charge in [0, 0.05) is 11.1 Å². The molecule has 142 valence electrons. The van der Waals surface area contributed by atoms with Gasteiger partial charge in [0.1, 0.15) is 12.3 Å². The molecule has 2 heterocycles. The van der Waals surface area contributed by atoms with E-state index in [4.69, 9.17) is 9.47 Å². The molecule has 0 aliphatic heterocycles. The lowest BCUT2D eigenvalue weighted by molar-refractivity contribution is -0.143. The smallest absolute Gasteiger partial charge is 0.327 e. The summed E-state index contributed by atoms with van der Waals surface area (Å²) >= 11 is 0. The topological polar surface area (TPSA) is 66.2 Å². The Labute approximate surface area is 154 Å². The lowest BCUT2D eigenvalue weighted by atomic mass is 10.0. The van der Waals surface area contributed by atoms with E-state index >= 15 is 0 Å². The van der Waals surface area contributed by atoms with Gasteiger partial charge in [-0.2, -0.15) is 5.10 Å². The molecule has 27 heavy (non-hydrogen) atoms. The zero-order valence-electron chi connectivity index (χ0n) is 15.2. The molecule has 2 aromatic heterocycles. The number of nitrogens with zero attached hydrogens (tertiary/aromatic N) is 3. The zero-order valence-corrected chi connectivity index (χ0v) is 15.2. The highest BCUT2D eigenvalue weighted by atomic mass is 19.3. The van der Waals surface area contributed by atoms with Crippen LogP contribution in [0.15, 0.2) is 30.3 Å². The summed E-state index contributed by atoms with van der Waals surface area (Å²) in [6, 6.07) is 8.36. The number of pyridine rings is 1. The van der Waals surface area contributed by atoms with Crippen LogP contribution in [0.1, 0.15) is 24.6 Å². The molecular formula is C19H19F2N3O3. The van der Waals surface area contributed by atoms with Gasteiger partial charge in [-0.05, 0) is 32.0 Å². The van der Waals surface area contributed by atoms with Gasteiger partial charge in [-0.25, -0.2) is 18.4 Å². The second-order valence-electron chi connectivity index (χ2n) is 5.84. The van der Waals surface area contributed by atoms with Crippen molar-refractivity contribution in [3.63, 3.8) is 0 Å². The predicted molar refractivity (Wildman–Crippen MR) is 95.8 cm³/mol. The molecule has 0 aliphatic carbocycles. The summed E-state index contributed by atoms with van der Waals surface area (Å²) < 4.78 is 39.1. The molecule has 0 bridgehead atoms. The average molecular weight is 375 g/mol. The van der Waals surface area contributed by atoms with Crippen molar-refractivity contribution in [1.82, 2.24) is 14.8 Å². The number of aromatic nitrogens is 3. The summed E-state index contributed by atoms with van der Waals surface area (Å²) in [4.78, 5) is 16.4. The Morgan fingerprint density at radius 2 is 2.04 bits per heavy atom. The molecule has 0 amide bonds. The van der Waals surface area contributed by atoms with E-state index in [1.165, 1.54) is 17.9 Å². The van der Waals surface area contributed by atoms with Crippen molar-refractivity contribution in [2.45, 2.75) is 26.8 Å². The molecule has 0 N–H and O–H groups in total. The first-order valence-corrected chi connectivity index (χ1v) is 8.41. The number of para-hydroxylation sites is 1. The number of rotatable bonds is 6. The van der Waals surface area contributed by atoms with Crippen LogP contribution in [0.5, 0.6) is 5.75 Å². The van der Waals surface area contributed by atoms with Gasteiger partial charge in [-0.15, -0.1) is 0 Å². The number of halogens is 2. The van der Waals surface area contributed by atoms with E-state index in [1.54, 1.807) is 38.1 Å². The van der Waals surface area contributed by atoms with Crippen LogP contribution < -0.4 is 4.74 Å². The Morgan fingerprint density at radius 3 is 2.70 bits per heavy atom. The van der Waals surface area contributed by atoms with E-state index in [2.05, 4.69) is 10.1 Å². The van der Waals surface area contributed by atoms with Crippen LogP contribution in [-0.4, -0.2) is 34.5 Å². The van der Waals surface area contributed by atoms with Crippen molar-refractivity contribution in [3.8, 4) is 17.0 Å². The average Bonchev–Trinajstić information content (AvgIpc) is 2.96. The molecule has 0 saturated carbocycles. The van der Waals surface area contributed by atoms with Gasteiger partial charge in [-0.3, -0.25) is 4.79 Å². The monoisotopic (exact) mass is 375 g/mol. The number of esters is 1. The molecule has 8 heteroatoms. The molecule has 0 saturated heterocycles. The van der Waals surface area contributed by atoms with Gasteiger partial charge < -0.3 is 9.47 Å². The van der Waals surface area contributed by atoms with Crippen molar-refractivity contribution < 1.29 is 23.0 Å². The Balaban J connectivity index is 2.23. The van der Waals surface area contributed by atoms with Crippen molar-refractivity contribution in [2.24, 2.45) is 0 Å². The summed E-state index contributed by atoms with van der Waals surface area (Å²) in [5.41, 5.74) is 1.29. The first-order chi connectivity index (χ1) is 13.0. The van der Waals surface area contributed by atoms with Crippen LogP contribution in [0.4, 0.5) is 8.78 Å². The van der Waals surface area contributed by atoms with E-state index in [1.807, 2.05) is 0 Å². The normalized spacial score (nSPS) is 11.2. The fourth-order valence-electron chi connectivity index (χ4n) is 2.99. The minimum Gasteiger partial charge on any atom is -0.496 e. The number of carbonyl (C=O) groups is 1. The van der Waals surface area contributed by atoms with Crippen molar-refractivity contribution in [1.29, 1.82) is 0 Å².